The number of ether oxygens (including phenoxy) is 1. The van der Waals surface area contributed by atoms with Gasteiger partial charge in [-0.2, -0.15) is 0 Å². The quantitative estimate of drug-likeness (QED) is 0.507. The summed E-state index contributed by atoms with van der Waals surface area (Å²) >= 11 is 5.94. The summed E-state index contributed by atoms with van der Waals surface area (Å²) in [6, 6.07) is 4.88. The zero-order valence-corrected chi connectivity index (χ0v) is 17.0. The minimum atomic E-state index is -0.367. The Balaban J connectivity index is 2.60. The molecule has 3 N–H and O–H groups in total. The number of quaternary nitrogens is 1. The van der Waals surface area contributed by atoms with Crippen molar-refractivity contribution < 1.29 is 24.0 Å². The summed E-state index contributed by atoms with van der Waals surface area (Å²) in [6.45, 7) is 5.16. The lowest BCUT2D eigenvalue weighted by Gasteiger charge is -2.21. The standard InChI is InChI=1S/C18H27ClN4O4/c1-5-20-16(24)11-23(6-2)12-18(26)22(3)10-17(25)21-14-9-13(19)7-8-15(14)27-4/h7-9H,5-6,10-12H2,1-4H3,(H,20,24)(H,21,25)/p+1. The molecule has 0 aliphatic carbocycles. The third-order valence-corrected chi connectivity index (χ3v) is 4.16. The van der Waals surface area contributed by atoms with Gasteiger partial charge in [0.15, 0.2) is 13.1 Å². The summed E-state index contributed by atoms with van der Waals surface area (Å²) in [7, 11) is 3.04. The normalized spacial score (nSPS) is 11.4. The topological polar surface area (TPSA) is 92.2 Å². The molecule has 0 aromatic heterocycles. The van der Waals surface area contributed by atoms with Crippen molar-refractivity contribution in [1.82, 2.24) is 10.2 Å². The van der Waals surface area contributed by atoms with Crippen molar-refractivity contribution in [3.05, 3.63) is 23.2 Å². The van der Waals surface area contributed by atoms with E-state index < -0.39 is 0 Å². The number of rotatable bonds is 10. The molecule has 8 nitrogen and oxygen atoms in total. The van der Waals surface area contributed by atoms with E-state index in [1.807, 2.05) is 13.8 Å². The van der Waals surface area contributed by atoms with Gasteiger partial charge in [0, 0.05) is 18.6 Å². The van der Waals surface area contributed by atoms with Gasteiger partial charge in [0.25, 0.3) is 11.8 Å². The summed E-state index contributed by atoms with van der Waals surface area (Å²) in [6.07, 6.45) is 0. The predicted octanol–water partition coefficient (Wildman–Crippen LogP) is -0.214. The summed E-state index contributed by atoms with van der Waals surface area (Å²) < 4.78 is 5.18. The maximum Gasteiger partial charge on any atom is 0.277 e. The number of hydrogen-bond acceptors (Lipinski definition) is 4. The molecule has 0 saturated carbocycles. The van der Waals surface area contributed by atoms with Gasteiger partial charge in [-0.3, -0.25) is 14.4 Å². The first-order chi connectivity index (χ1) is 12.8. The number of likely N-dealkylation sites (N-methyl/N-ethyl adjacent to an activating group) is 3. The van der Waals surface area contributed by atoms with Crippen LogP contribution in [-0.2, 0) is 14.4 Å². The number of halogens is 1. The predicted molar refractivity (Wildman–Crippen MR) is 104 cm³/mol. The van der Waals surface area contributed by atoms with Gasteiger partial charge in [-0.05, 0) is 32.0 Å². The van der Waals surface area contributed by atoms with E-state index >= 15 is 0 Å². The number of carbonyl (C=O) groups is 3. The highest BCUT2D eigenvalue weighted by molar-refractivity contribution is 6.31. The average molecular weight is 400 g/mol. The fourth-order valence-electron chi connectivity index (χ4n) is 2.42. The molecule has 1 atom stereocenters. The van der Waals surface area contributed by atoms with Crippen LogP contribution in [0.1, 0.15) is 13.8 Å². The summed E-state index contributed by atoms with van der Waals surface area (Å²) in [5, 5.41) is 5.87. The Labute approximate surface area is 164 Å². The maximum atomic E-state index is 12.4. The van der Waals surface area contributed by atoms with Crippen LogP contribution in [0.25, 0.3) is 0 Å². The molecule has 1 unspecified atom stereocenters. The van der Waals surface area contributed by atoms with Crippen molar-refractivity contribution in [2.75, 3.05) is 52.2 Å². The van der Waals surface area contributed by atoms with Gasteiger partial charge >= 0.3 is 0 Å². The van der Waals surface area contributed by atoms with Gasteiger partial charge in [-0.15, -0.1) is 0 Å². The average Bonchev–Trinajstić information content (AvgIpc) is 2.61. The van der Waals surface area contributed by atoms with Crippen molar-refractivity contribution >= 4 is 35.0 Å². The highest BCUT2D eigenvalue weighted by atomic mass is 35.5. The molecule has 27 heavy (non-hydrogen) atoms. The number of methoxy groups -OCH3 is 1. The van der Waals surface area contributed by atoms with E-state index in [1.165, 1.54) is 12.0 Å². The second-order valence-corrected chi connectivity index (χ2v) is 6.49. The summed E-state index contributed by atoms with van der Waals surface area (Å²) in [4.78, 5) is 38.5. The number of carbonyl (C=O) groups excluding carboxylic acids is 3. The monoisotopic (exact) mass is 399 g/mol. The van der Waals surface area contributed by atoms with E-state index in [9.17, 15) is 14.4 Å². The molecule has 150 valence electrons. The molecule has 1 rings (SSSR count). The molecule has 3 amide bonds. The van der Waals surface area contributed by atoms with Gasteiger partial charge in [-0.25, -0.2) is 0 Å². The molecule has 0 spiro atoms. The van der Waals surface area contributed by atoms with Crippen LogP contribution < -0.4 is 20.3 Å². The van der Waals surface area contributed by atoms with Crippen molar-refractivity contribution in [2.45, 2.75) is 13.8 Å². The largest absolute Gasteiger partial charge is 0.495 e. The lowest BCUT2D eigenvalue weighted by Crippen LogP contribution is -3.14. The van der Waals surface area contributed by atoms with Crippen molar-refractivity contribution in [1.29, 1.82) is 0 Å². The lowest BCUT2D eigenvalue weighted by molar-refractivity contribution is -0.882. The van der Waals surface area contributed by atoms with E-state index in [4.69, 9.17) is 16.3 Å². The first-order valence-electron chi connectivity index (χ1n) is 8.78. The van der Waals surface area contributed by atoms with Crippen LogP contribution in [-0.4, -0.2) is 69.5 Å². The lowest BCUT2D eigenvalue weighted by atomic mass is 10.3. The molecular weight excluding hydrogens is 372 g/mol. The summed E-state index contributed by atoms with van der Waals surface area (Å²) in [5.74, 6) is -0.210. The molecule has 1 aromatic rings. The van der Waals surface area contributed by atoms with E-state index in [2.05, 4.69) is 10.6 Å². The Morgan fingerprint density at radius 3 is 2.48 bits per heavy atom. The molecule has 0 aliphatic rings. The number of nitrogens with zero attached hydrogens (tertiary/aromatic N) is 1. The molecule has 0 fully saturated rings. The van der Waals surface area contributed by atoms with Crippen LogP contribution in [0.5, 0.6) is 5.75 Å². The van der Waals surface area contributed by atoms with E-state index in [0.717, 1.165) is 4.90 Å². The fraction of sp³-hybridized carbons (Fsp3) is 0.500. The van der Waals surface area contributed by atoms with E-state index in [-0.39, 0.29) is 37.4 Å². The van der Waals surface area contributed by atoms with Crippen LogP contribution >= 0.6 is 11.6 Å². The SMILES string of the molecule is CCNC(=O)C[NH+](CC)CC(=O)N(C)CC(=O)Nc1cc(Cl)ccc1OC. The number of amides is 3. The van der Waals surface area contributed by atoms with Crippen LogP contribution in [0.15, 0.2) is 18.2 Å². The molecule has 1 aromatic carbocycles. The van der Waals surface area contributed by atoms with Gasteiger partial charge in [-0.1, -0.05) is 11.6 Å². The Hall–Kier alpha value is -2.32. The second-order valence-electron chi connectivity index (χ2n) is 6.05. The summed E-state index contributed by atoms with van der Waals surface area (Å²) in [5.41, 5.74) is 0.438. The Kier molecular flexibility index (Phi) is 9.60. The highest BCUT2D eigenvalue weighted by Crippen LogP contribution is 2.27. The third-order valence-electron chi connectivity index (χ3n) is 3.93. The molecule has 0 aliphatic heterocycles. The van der Waals surface area contributed by atoms with E-state index in [1.54, 1.807) is 25.2 Å². The van der Waals surface area contributed by atoms with Crippen LogP contribution in [0, 0.1) is 0 Å². The molecule has 0 heterocycles. The zero-order valence-electron chi connectivity index (χ0n) is 16.2. The molecule has 0 saturated heterocycles. The maximum absolute atomic E-state index is 12.4. The Morgan fingerprint density at radius 2 is 1.89 bits per heavy atom. The number of nitrogens with one attached hydrogen (secondary N) is 3. The molecule has 9 heteroatoms. The fourth-order valence-corrected chi connectivity index (χ4v) is 2.59. The first-order valence-corrected chi connectivity index (χ1v) is 9.16. The van der Waals surface area contributed by atoms with Crippen LogP contribution in [0.4, 0.5) is 5.69 Å². The van der Waals surface area contributed by atoms with Crippen LogP contribution in [0.2, 0.25) is 5.02 Å². The Bertz CT molecular complexity index is 669. The van der Waals surface area contributed by atoms with Gasteiger partial charge in [0.2, 0.25) is 5.91 Å². The van der Waals surface area contributed by atoms with Gasteiger partial charge in [0.1, 0.15) is 5.75 Å². The van der Waals surface area contributed by atoms with Gasteiger partial charge in [0.05, 0.1) is 25.9 Å². The second kappa shape index (κ2) is 11.4. The first kappa shape index (κ1) is 22.7. The highest BCUT2D eigenvalue weighted by Gasteiger charge is 2.21. The molecular formula is C18H28ClN4O4+. The molecule has 0 radical (unpaired) electrons. The van der Waals surface area contributed by atoms with Crippen molar-refractivity contribution in [2.24, 2.45) is 0 Å². The molecule has 0 bridgehead atoms. The van der Waals surface area contributed by atoms with Gasteiger partial charge < -0.3 is 25.2 Å². The zero-order chi connectivity index (χ0) is 20.4. The minimum Gasteiger partial charge on any atom is -0.495 e. The van der Waals surface area contributed by atoms with Crippen LogP contribution in [0.3, 0.4) is 0 Å². The van der Waals surface area contributed by atoms with Crippen molar-refractivity contribution in [3.8, 4) is 5.75 Å². The van der Waals surface area contributed by atoms with E-state index in [0.29, 0.717) is 29.5 Å². The van der Waals surface area contributed by atoms with Crippen molar-refractivity contribution in [3.63, 3.8) is 0 Å². The number of hydrogen-bond donors (Lipinski definition) is 3. The third kappa shape index (κ3) is 7.84. The minimum absolute atomic E-state index is 0.101. The smallest absolute Gasteiger partial charge is 0.277 e. The Morgan fingerprint density at radius 1 is 1.19 bits per heavy atom. The number of anilines is 1. The number of benzene rings is 1.